The molecule has 0 aromatic carbocycles. The first-order valence-corrected chi connectivity index (χ1v) is 8.36. The van der Waals surface area contributed by atoms with Crippen molar-refractivity contribution in [3.8, 4) is 0 Å². The molecule has 0 radical (unpaired) electrons. The minimum Gasteiger partial charge on any atom is -0.465 e. The van der Waals surface area contributed by atoms with Crippen LogP contribution < -0.4 is 0 Å². The lowest BCUT2D eigenvalue weighted by Crippen LogP contribution is -2.60. The highest BCUT2D eigenvalue weighted by Gasteiger charge is 2.58. The molecule has 1 fully saturated rings. The maximum atomic E-state index is 12.0. The second kappa shape index (κ2) is 6.30. The number of ether oxygens (including phenoxy) is 1. The highest BCUT2D eigenvalue weighted by Crippen LogP contribution is 2.39. The van der Waals surface area contributed by atoms with E-state index in [1.165, 1.54) is 12.2 Å². The number of allylic oxidation sites excluding steroid dienone is 2. The zero-order chi connectivity index (χ0) is 17.4. The lowest BCUT2D eigenvalue weighted by atomic mass is 10.1. The Morgan fingerprint density at radius 3 is 2.52 bits per heavy atom. The summed E-state index contributed by atoms with van der Waals surface area (Å²) < 4.78 is 37.3. The van der Waals surface area contributed by atoms with E-state index < -0.39 is 57.5 Å². The van der Waals surface area contributed by atoms with Crippen LogP contribution in [-0.4, -0.2) is 76.7 Å². The zero-order valence-corrected chi connectivity index (χ0v) is 13.3. The van der Waals surface area contributed by atoms with Crippen molar-refractivity contribution >= 4 is 16.3 Å². The van der Waals surface area contributed by atoms with Gasteiger partial charge in [-0.3, -0.25) is 0 Å². The third-order valence-corrected chi connectivity index (χ3v) is 5.88. The Labute approximate surface area is 133 Å². The van der Waals surface area contributed by atoms with Crippen molar-refractivity contribution in [2.24, 2.45) is 5.92 Å². The van der Waals surface area contributed by atoms with E-state index in [2.05, 4.69) is 4.74 Å². The largest absolute Gasteiger partial charge is 0.465 e. The van der Waals surface area contributed by atoms with Gasteiger partial charge in [0.25, 0.3) is 0 Å². The van der Waals surface area contributed by atoms with Gasteiger partial charge in [-0.1, -0.05) is 0 Å². The number of hydrogen-bond donors (Lipinski definition) is 4. The highest BCUT2D eigenvalue weighted by molar-refractivity contribution is 7.80. The van der Waals surface area contributed by atoms with Gasteiger partial charge in [-0.25, -0.2) is 9.35 Å². The van der Waals surface area contributed by atoms with Crippen LogP contribution in [0.1, 0.15) is 6.42 Å². The van der Waals surface area contributed by atoms with Gasteiger partial charge in [0.15, 0.2) is 0 Å². The van der Waals surface area contributed by atoms with Gasteiger partial charge in [0.05, 0.1) is 18.8 Å². The van der Waals surface area contributed by atoms with Gasteiger partial charge in [0, 0.05) is 18.9 Å². The van der Waals surface area contributed by atoms with Crippen molar-refractivity contribution in [2.75, 3.05) is 20.3 Å². The molecular formula is C13H20NO8S+. The standard InChI is InChI=1S/C13H19NO8S/c1-22-13(18)8-3-2-4-14(6-8,23(19,20)21)10-5-9(7-15)11(16)12(10)17/h2-4,9-12,15-17H,5-7H2,1H3/p+1. The fourth-order valence-electron chi connectivity index (χ4n) is 3.21. The maximum Gasteiger partial charge on any atom is 0.437 e. The molecule has 0 bridgehead atoms. The predicted molar refractivity (Wildman–Crippen MR) is 76.9 cm³/mol. The topological polar surface area (TPSA) is 141 Å². The lowest BCUT2D eigenvalue weighted by Gasteiger charge is -2.38. The fourth-order valence-corrected chi connectivity index (χ4v) is 4.29. The maximum absolute atomic E-state index is 12.0. The first-order valence-electron chi connectivity index (χ1n) is 6.96. The molecule has 0 amide bonds. The zero-order valence-electron chi connectivity index (χ0n) is 12.4. The Hall–Kier alpha value is -1.30. The summed E-state index contributed by atoms with van der Waals surface area (Å²) >= 11 is 0. The molecular weight excluding hydrogens is 330 g/mol. The quantitative estimate of drug-likeness (QED) is 0.268. The van der Waals surface area contributed by atoms with Crippen LogP contribution >= 0.6 is 0 Å². The molecule has 130 valence electrons. The molecule has 0 saturated heterocycles. The van der Waals surface area contributed by atoms with Crippen LogP contribution in [0.4, 0.5) is 0 Å². The van der Waals surface area contributed by atoms with Crippen molar-refractivity contribution in [1.82, 2.24) is 0 Å². The SMILES string of the molecule is COC(=O)C1=CC=C[N+](C2CC(CO)C(O)C2O)(S(=O)(=O)O)C1. The van der Waals surface area contributed by atoms with Gasteiger partial charge in [-0.05, 0) is 12.2 Å². The third kappa shape index (κ3) is 2.93. The van der Waals surface area contributed by atoms with E-state index in [4.69, 9.17) is 0 Å². The van der Waals surface area contributed by atoms with E-state index in [-0.39, 0.29) is 12.0 Å². The third-order valence-electron chi connectivity index (χ3n) is 4.50. The molecule has 1 saturated carbocycles. The summed E-state index contributed by atoms with van der Waals surface area (Å²) in [7, 11) is -3.65. The molecule has 4 N–H and O–H groups in total. The summed E-state index contributed by atoms with van der Waals surface area (Å²) in [5.41, 5.74) is 0.00163. The summed E-state index contributed by atoms with van der Waals surface area (Å²) in [4.78, 5) is 11.7. The van der Waals surface area contributed by atoms with Crippen LogP contribution in [0.3, 0.4) is 0 Å². The smallest absolute Gasteiger partial charge is 0.437 e. The van der Waals surface area contributed by atoms with Gasteiger partial charge >= 0.3 is 16.3 Å². The molecule has 9 nitrogen and oxygen atoms in total. The van der Waals surface area contributed by atoms with Gasteiger partial charge in [0.2, 0.25) is 0 Å². The fraction of sp³-hybridized carbons (Fsp3) is 0.615. The number of carbonyl (C=O) groups is 1. The molecule has 1 aliphatic carbocycles. The van der Waals surface area contributed by atoms with Crippen LogP contribution in [-0.2, 0) is 19.8 Å². The molecule has 10 heteroatoms. The molecule has 23 heavy (non-hydrogen) atoms. The molecule has 1 aliphatic heterocycles. The average molecular weight is 350 g/mol. The number of nitrogens with zero attached hydrogens (tertiary/aromatic N) is 1. The van der Waals surface area contributed by atoms with E-state index in [0.29, 0.717) is 0 Å². The molecule has 0 aromatic rings. The van der Waals surface area contributed by atoms with Crippen LogP contribution in [0, 0.1) is 5.92 Å². The Bertz CT molecular complexity index is 642. The summed E-state index contributed by atoms with van der Waals surface area (Å²) in [6.07, 6.45) is 0.904. The van der Waals surface area contributed by atoms with Gasteiger partial charge in [-0.15, -0.1) is 8.42 Å². The van der Waals surface area contributed by atoms with E-state index in [0.717, 1.165) is 13.3 Å². The van der Waals surface area contributed by atoms with E-state index in [1.807, 2.05) is 0 Å². The van der Waals surface area contributed by atoms with Crippen molar-refractivity contribution in [2.45, 2.75) is 24.7 Å². The lowest BCUT2D eigenvalue weighted by molar-refractivity contribution is -0.785. The molecule has 5 unspecified atom stereocenters. The van der Waals surface area contributed by atoms with Crippen molar-refractivity contribution in [3.63, 3.8) is 0 Å². The first kappa shape index (κ1) is 18.0. The second-order valence-corrected chi connectivity index (χ2v) is 7.29. The van der Waals surface area contributed by atoms with Crippen LogP contribution in [0.5, 0.6) is 0 Å². The summed E-state index contributed by atoms with van der Waals surface area (Å²) in [5.74, 6) is -1.49. The number of hydrogen-bond acceptors (Lipinski definition) is 7. The van der Waals surface area contributed by atoms with Gasteiger partial charge in [0.1, 0.15) is 24.9 Å². The van der Waals surface area contributed by atoms with Crippen LogP contribution in [0.2, 0.25) is 0 Å². The van der Waals surface area contributed by atoms with Crippen molar-refractivity contribution in [1.29, 1.82) is 0 Å². The van der Waals surface area contributed by atoms with E-state index >= 15 is 0 Å². The number of rotatable bonds is 4. The number of carbonyl (C=O) groups excluding carboxylic acids is 1. The Kier molecular flexibility index (Phi) is 4.95. The van der Waals surface area contributed by atoms with Crippen LogP contribution in [0.25, 0.3) is 0 Å². The molecule has 1 heterocycles. The highest BCUT2D eigenvalue weighted by atomic mass is 32.2. The minimum atomic E-state index is -4.78. The normalized spacial score (nSPS) is 37.5. The number of esters is 1. The number of methoxy groups -OCH3 is 1. The van der Waals surface area contributed by atoms with Crippen molar-refractivity contribution in [3.05, 3.63) is 23.9 Å². The van der Waals surface area contributed by atoms with Gasteiger partial charge < -0.3 is 20.1 Å². The first-order chi connectivity index (χ1) is 10.7. The summed E-state index contributed by atoms with van der Waals surface area (Å²) in [6.45, 7) is -0.891. The summed E-state index contributed by atoms with van der Waals surface area (Å²) in [6, 6.07) is -1.14. The van der Waals surface area contributed by atoms with Crippen molar-refractivity contribution < 1.29 is 41.7 Å². The Morgan fingerprint density at radius 1 is 1.39 bits per heavy atom. The predicted octanol–water partition coefficient (Wildman–Crippen LogP) is -1.66. The van der Waals surface area contributed by atoms with E-state index in [1.54, 1.807) is 0 Å². The average Bonchev–Trinajstić information content (AvgIpc) is 2.81. The summed E-state index contributed by atoms with van der Waals surface area (Å²) in [5, 5.41) is 29.4. The van der Waals surface area contributed by atoms with Crippen LogP contribution in [0.15, 0.2) is 23.9 Å². The molecule has 0 aromatic heterocycles. The molecule has 5 atom stereocenters. The van der Waals surface area contributed by atoms with Gasteiger partial charge in [-0.2, -0.15) is 3.89 Å². The van der Waals surface area contributed by atoms with E-state index in [9.17, 15) is 33.1 Å². The number of aliphatic hydroxyl groups is 3. The molecule has 0 spiro atoms. The Morgan fingerprint density at radius 2 is 2.04 bits per heavy atom. The Balaban J connectivity index is 2.46. The number of aliphatic hydroxyl groups excluding tert-OH is 3. The molecule has 2 rings (SSSR count). The number of quaternary nitrogens is 1. The molecule has 2 aliphatic rings. The second-order valence-electron chi connectivity index (χ2n) is 5.71. The minimum absolute atomic E-state index is 0.00163. The monoisotopic (exact) mass is 350 g/mol.